The van der Waals surface area contributed by atoms with Crippen molar-refractivity contribution in [2.24, 2.45) is 0 Å². The Morgan fingerprint density at radius 2 is 1.78 bits per heavy atom. The zero-order valence-corrected chi connectivity index (χ0v) is 17.0. The van der Waals surface area contributed by atoms with E-state index in [1.54, 1.807) is 12.1 Å². The quantitative estimate of drug-likeness (QED) is 0.586. The predicted octanol–water partition coefficient (Wildman–Crippen LogP) is 5.31. The minimum Gasteiger partial charge on any atom is -0.419 e. The van der Waals surface area contributed by atoms with E-state index in [1.165, 1.54) is 5.56 Å². The maximum absolute atomic E-state index is 5.92. The Hall–Kier alpha value is -2.44. The van der Waals surface area contributed by atoms with Crippen molar-refractivity contribution in [2.45, 2.75) is 33.4 Å². The molecule has 5 nitrogen and oxygen atoms in total. The molecule has 0 saturated heterocycles. The summed E-state index contributed by atoms with van der Waals surface area (Å²) in [4.78, 5) is 2.01. The van der Waals surface area contributed by atoms with Gasteiger partial charge in [0, 0.05) is 22.3 Å². The third kappa shape index (κ3) is 5.05. The second kappa shape index (κ2) is 8.50. The lowest BCUT2D eigenvalue weighted by atomic mass is 10.2. The monoisotopic (exact) mass is 400 g/mol. The van der Waals surface area contributed by atoms with Gasteiger partial charge in [0.2, 0.25) is 11.8 Å². The first-order valence-electron chi connectivity index (χ1n) is 8.65. The summed E-state index contributed by atoms with van der Waals surface area (Å²) in [5.41, 5.74) is 2.98. The molecule has 0 amide bonds. The van der Waals surface area contributed by atoms with Gasteiger partial charge in [0.15, 0.2) is 5.11 Å². The largest absolute Gasteiger partial charge is 0.419 e. The summed E-state index contributed by atoms with van der Waals surface area (Å²) in [6.07, 6.45) is 0. The van der Waals surface area contributed by atoms with Crippen LogP contribution in [0.4, 0.5) is 5.69 Å². The lowest BCUT2D eigenvalue weighted by molar-refractivity contribution is 0.309. The average molecular weight is 401 g/mol. The SMILES string of the molecule is Cc1ccc(NC(=S)N(Cc2nnc(-c3ccc(Cl)cc3)o2)C(C)C)cc1. The predicted molar refractivity (Wildman–Crippen MR) is 113 cm³/mol. The molecular weight excluding hydrogens is 380 g/mol. The van der Waals surface area contributed by atoms with Crippen molar-refractivity contribution in [3.63, 3.8) is 0 Å². The van der Waals surface area contributed by atoms with Crippen LogP contribution in [0, 0.1) is 6.92 Å². The van der Waals surface area contributed by atoms with E-state index < -0.39 is 0 Å². The van der Waals surface area contributed by atoms with Crippen LogP contribution in [-0.4, -0.2) is 26.3 Å². The molecule has 140 valence electrons. The van der Waals surface area contributed by atoms with Gasteiger partial charge in [-0.1, -0.05) is 29.3 Å². The van der Waals surface area contributed by atoms with E-state index in [2.05, 4.69) is 36.3 Å². The van der Waals surface area contributed by atoms with Gasteiger partial charge in [-0.25, -0.2) is 0 Å². The van der Waals surface area contributed by atoms with Gasteiger partial charge < -0.3 is 14.6 Å². The second-order valence-corrected chi connectivity index (χ2v) is 7.35. The van der Waals surface area contributed by atoms with Crippen LogP contribution in [0.2, 0.25) is 5.02 Å². The lowest BCUT2D eigenvalue weighted by Gasteiger charge is -2.28. The van der Waals surface area contributed by atoms with Gasteiger partial charge in [-0.15, -0.1) is 10.2 Å². The summed E-state index contributed by atoms with van der Waals surface area (Å²) in [6.45, 7) is 6.62. The summed E-state index contributed by atoms with van der Waals surface area (Å²) >= 11 is 11.5. The van der Waals surface area contributed by atoms with Crippen molar-refractivity contribution >= 4 is 34.6 Å². The molecular formula is C20H21ClN4OS. The molecule has 1 aromatic heterocycles. The fourth-order valence-electron chi connectivity index (χ4n) is 2.49. The summed E-state index contributed by atoms with van der Waals surface area (Å²) in [7, 11) is 0. The van der Waals surface area contributed by atoms with Crippen LogP contribution < -0.4 is 5.32 Å². The number of benzene rings is 2. The maximum Gasteiger partial charge on any atom is 0.247 e. The van der Waals surface area contributed by atoms with Crippen LogP contribution in [0.3, 0.4) is 0 Å². The van der Waals surface area contributed by atoms with E-state index in [4.69, 9.17) is 28.2 Å². The number of nitrogens with zero attached hydrogens (tertiary/aromatic N) is 3. The maximum atomic E-state index is 5.92. The Labute approximate surface area is 169 Å². The van der Waals surface area contributed by atoms with Gasteiger partial charge in [-0.05, 0) is 69.4 Å². The molecule has 0 saturated carbocycles. The van der Waals surface area contributed by atoms with Crippen molar-refractivity contribution < 1.29 is 4.42 Å². The molecule has 27 heavy (non-hydrogen) atoms. The van der Waals surface area contributed by atoms with Crippen LogP contribution in [0.1, 0.15) is 25.3 Å². The zero-order valence-electron chi connectivity index (χ0n) is 15.4. The number of anilines is 1. The third-order valence-electron chi connectivity index (χ3n) is 4.05. The van der Waals surface area contributed by atoms with Gasteiger partial charge in [0.25, 0.3) is 0 Å². The Morgan fingerprint density at radius 3 is 2.41 bits per heavy atom. The van der Waals surface area contributed by atoms with Gasteiger partial charge in [0.1, 0.15) is 0 Å². The first-order valence-corrected chi connectivity index (χ1v) is 9.43. The fourth-order valence-corrected chi connectivity index (χ4v) is 3.01. The molecule has 0 bridgehead atoms. The van der Waals surface area contributed by atoms with Crippen LogP contribution in [0.5, 0.6) is 0 Å². The van der Waals surface area contributed by atoms with Crippen LogP contribution in [0.15, 0.2) is 52.9 Å². The molecule has 2 aromatic carbocycles. The van der Waals surface area contributed by atoms with E-state index in [9.17, 15) is 0 Å². The number of hydrogen-bond donors (Lipinski definition) is 1. The topological polar surface area (TPSA) is 54.2 Å². The first-order chi connectivity index (χ1) is 12.9. The Kier molecular flexibility index (Phi) is 6.08. The minimum atomic E-state index is 0.168. The van der Waals surface area contributed by atoms with Crippen LogP contribution in [-0.2, 0) is 6.54 Å². The highest BCUT2D eigenvalue weighted by atomic mass is 35.5. The summed E-state index contributed by atoms with van der Waals surface area (Å²) in [5, 5.41) is 12.8. The number of thiocarbonyl (C=S) groups is 1. The van der Waals surface area contributed by atoms with E-state index in [0.29, 0.717) is 28.5 Å². The molecule has 0 fully saturated rings. The molecule has 1 N–H and O–H groups in total. The van der Waals surface area contributed by atoms with Gasteiger partial charge in [-0.3, -0.25) is 0 Å². The molecule has 0 aliphatic heterocycles. The Morgan fingerprint density at radius 1 is 1.11 bits per heavy atom. The highest BCUT2D eigenvalue weighted by Gasteiger charge is 2.18. The minimum absolute atomic E-state index is 0.168. The molecule has 1 heterocycles. The number of halogens is 1. The molecule has 0 unspecified atom stereocenters. The van der Waals surface area contributed by atoms with E-state index >= 15 is 0 Å². The molecule has 3 rings (SSSR count). The van der Waals surface area contributed by atoms with Crippen molar-refractivity contribution in [1.29, 1.82) is 0 Å². The number of aryl methyl sites for hydroxylation is 1. The number of nitrogens with one attached hydrogen (secondary N) is 1. The highest BCUT2D eigenvalue weighted by molar-refractivity contribution is 7.80. The fraction of sp³-hybridized carbons (Fsp3) is 0.250. The normalized spacial score (nSPS) is 10.9. The first kappa shape index (κ1) is 19.3. The molecule has 0 aliphatic rings. The van der Waals surface area contributed by atoms with Gasteiger partial charge >= 0.3 is 0 Å². The smallest absolute Gasteiger partial charge is 0.247 e. The molecule has 7 heteroatoms. The van der Waals surface area contributed by atoms with E-state index in [1.807, 2.05) is 41.3 Å². The molecule has 3 aromatic rings. The number of hydrogen-bond acceptors (Lipinski definition) is 4. The van der Waals surface area contributed by atoms with Crippen molar-refractivity contribution in [3.8, 4) is 11.5 Å². The Bertz CT molecular complexity index is 906. The van der Waals surface area contributed by atoms with Gasteiger partial charge in [0.05, 0.1) is 6.54 Å². The van der Waals surface area contributed by atoms with E-state index in [0.717, 1.165) is 11.3 Å². The summed E-state index contributed by atoms with van der Waals surface area (Å²) in [5.74, 6) is 0.962. The van der Waals surface area contributed by atoms with Crippen LogP contribution in [0.25, 0.3) is 11.5 Å². The zero-order chi connectivity index (χ0) is 19.4. The lowest BCUT2D eigenvalue weighted by Crippen LogP contribution is -2.39. The van der Waals surface area contributed by atoms with Crippen molar-refractivity contribution in [2.75, 3.05) is 5.32 Å². The third-order valence-corrected chi connectivity index (χ3v) is 4.64. The second-order valence-electron chi connectivity index (χ2n) is 6.53. The van der Waals surface area contributed by atoms with Crippen molar-refractivity contribution in [1.82, 2.24) is 15.1 Å². The summed E-state index contributed by atoms with van der Waals surface area (Å²) in [6, 6.07) is 15.6. The number of aromatic nitrogens is 2. The summed E-state index contributed by atoms with van der Waals surface area (Å²) < 4.78 is 5.81. The van der Waals surface area contributed by atoms with Gasteiger partial charge in [-0.2, -0.15) is 0 Å². The Balaban J connectivity index is 1.71. The van der Waals surface area contributed by atoms with Crippen molar-refractivity contribution in [3.05, 3.63) is 65.0 Å². The number of rotatable bonds is 5. The van der Waals surface area contributed by atoms with Crippen LogP contribution >= 0.6 is 23.8 Å². The van der Waals surface area contributed by atoms with E-state index in [-0.39, 0.29) is 6.04 Å². The standard InChI is InChI=1S/C20H21ClN4OS/c1-13(2)25(20(27)22-17-10-4-14(3)5-11-17)12-18-23-24-19(26-18)15-6-8-16(21)9-7-15/h4-11,13H,12H2,1-3H3,(H,22,27). The molecule has 0 atom stereocenters. The average Bonchev–Trinajstić information content (AvgIpc) is 3.10. The molecule has 0 aliphatic carbocycles. The molecule has 0 radical (unpaired) electrons. The molecule has 0 spiro atoms. The highest BCUT2D eigenvalue weighted by Crippen LogP contribution is 2.21.